The summed E-state index contributed by atoms with van der Waals surface area (Å²) in [6, 6.07) is 5.84. The predicted molar refractivity (Wildman–Crippen MR) is 97.9 cm³/mol. The maximum atomic E-state index is 12.5. The lowest BCUT2D eigenvalue weighted by Gasteiger charge is -2.23. The SMILES string of the molecule is COc1ccccc1C(=O)N[C@H](C(=O)OCC(=O)NC(C)(C)C)C(C)C. The van der Waals surface area contributed by atoms with Crippen LogP contribution in [0.15, 0.2) is 24.3 Å². The molecule has 144 valence electrons. The number of methoxy groups -OCH3 is 1. The van der Waals surface area contributed by atoms with Gasteiger partial charge in [0, 0.05) is 5.54 Å². The van der Waals surface area contributed by atoms with Gasteiger partial charge in [-0.25, -0.2) is 4.79 Å². The van der Waals surface area contributed by atoms with Gasteiger partial charge in [0.2, 0.25) is 0 Å². The van der Waals surface area contributed by atoms with E-state index in [1.807, 2.05) is 20.8 Å². The molecule has 0 bridgehead atoms. The average Bonchev–Trinajstić information content (AvgIpc) is 2.55. The van der Waals surface area contributed by atoms with Gasteiger partial charge in [-0.1, -0.05) is 26.0 Å². The van der Waals surface area contributed by atoms with Gasteiger partial charge in [-0.2, -0.15) is 0 Å². The van der Waals surface area contributed by atoms with Gasteiger partial charge in [0.05, 0.1) is 12.7 Å². The molecular weight excluding hydrogens is 336 g/mol. The Kier molecular flexibility index (Phi) is 7.61. The molecule has 0 saturated carbocycles. The van der Waals surface area contributed by atoms with Gasteiger partial charge < -0.3 is 20.1 Å². The van der Waals surface area contributed by atoms with Crippen molar-refractivity contribution in [2.24, 2.45) is 5.92 Å². The Balaban J connectivity index is 2.75. The molecule has 1 aromatic carbocycles. The Bertz CT molecular complexity index is 650. The molecule has 0 aliphatic rings. The lowest BCUT2D eigenvalue weighted by Crippen LogP contribution is -2.47. The van der Waals surface area contributed by atoms with Gasteiger partial charge in [0.1, 0.15) is 11.8 Å². The van der Waals surface area contributed by atoms with Gasteiger partial charge >= 0.3 is 5.97 Å². The summed E-state index contributed by atoms with van der Waals surface area (Å²) in [5, 5.41) is 5.36. The van der Waals surface area contributed by atoms with E-state index in [0.29, 0.717) is 11.3 Å². The summed E-state index contributed by atoms with van der Waals surface area (Å²) in [6.07, 6.45) is 0. The molecule has 2 amide bonds. The van der Waals surface area contributed by atoms with Crippen molar-refractivity contribution in [1.82, 2.24) is 10.6 Å². The van der Waals surface area contributed by atoms with Crippen LogP contribution in [-0.4, -0.2) is 43.1 Å². The molecule has 26 heavy (non-hydrogen) atoms. The molecule has 0 spiro atoms. The third-order valence-electron chi connectivity index (χ3n) is 3.42. The minimum absolute atomic E-state index is 0.216. The third-order valence-corrected chi connectivity index (χ3v) is 3.42. The van der Waals surface area contributed by atoms with Crippen LogP contribution >= 0.6 is 0 Å². The average molecular weight is 364 g/mol. The molecule has 0 saturated heterocycles. The molecular formula is C19H28N2O5. The van der Waals surface area contributed by atoms with Crippen molar-refractivity contribution in [3.8, 4) is 5.75 Å². The first-order valence-electron chi connectivity index (χ1n) is 8.46. The number of amides is 2. The van der Waals surface area contributed by atoms with Crippen molar-refractivity contribution in [1.29, 1.82) is 0 Å². The largest absolute Gasteiger partial charge is 0.496 e. The molecule has 0 heterocycles. The van der Waals surface area contributed by atoms with Crippen LogP contribution in [0.3, 0.4) is 0 Å². The van der Waals surface area contributed by atoms with Crippen molar-refractivity contribution in [3.63, 3.8) is 0 Å². The standard InChI is InChI=1S/C19H28N2O5/c1-12(2)16(18(24)26-11-15(22)21-19(3,4)5)20-17(23)13-9-7-8-10-14(13)25-6/h7-10,12,16H,11H2,1-6H3,(H,20,23)(H,21,22)/t16-/m0/s1. The van der Waals surface area contributed by atoms with Crippen molar-refractivity contribution in [2.75, 3.05) is 13.7 Å². The van der Waals surface area contributed by atoms with Crippen molar-refractivity contribution in [2.45, 2.75) is 46.2 Å². The van der Waals surface area contributed by atoms with Crippen molar-refractivity contribution >= 4 is 17.8 Å². The molecule has 0 unspecified atom stereocenters. The first-order valence-corrected chi connectivity index (χ1v) is 8.46. The number of carbonyl (C=O) groups excluding carboxylic acids is 3. The molecule has 1 atom stereocenters. The van der Waals surface area contributed by atoms with E-state index in [4.69, 9.17) is 9.47 Å². The third kappa shape index (κ3) is 6.74. The van der Waals surface area contributed by atoms with Crippen LogP contribution < -0.4 is 15.4 Å². The van der Waals surface area contributed by atoms with Gasteiger partial charge in [0.15, 0.2) is 6.61 Å². The number of hydrogen-bond acceptors (Lipinski definition) is 5. The Morgan fingerprint density at radius 1 is 1.12 bits per heavy atom. The lowest BCUT2D eigenvalue weighted by molar-refractivity contribution is -0.151. The maximum Gasteiger partial charge on any atom is 0.329 e. The summed E-state index contributed by atoms with van der Waals surface area (Å²) in [6.45, 7) is 8.66. The van der Waals surface area contributed by atoms with Gasteiger partial charge in [-0.15, -0.1) is 0 Å². The summed E-state index contributed by atoms with van der Waals surface area (Å²) in [5.74, 6) is -1.31. The first-order chi connectivity index (χ1) is 12.0. The van der Waals surface area contributed by atoms with E-state index in [0.717, 1.165) is 0 Å². The number of nitrogens with one attached hydrogen (secondary N) is 2. The zero-order chi connectivity index (χ0) is 19.9. The highest BCUT2D eigenvalue weighted by molar-refractivity contribution is 5.99. The molecule has 0 aliphatic carbocycles. The monoisotopic (exact) mass is 364 g/mol. The highest BCUT2D eigenvalue weighted by Crippen LogP contribution is 2.18. The Morgan fingerprint density at radius 2 is 1.73 bits per heavy atom. The predicted octanol–water partition coefficient (Wildman–Crippen LogP) is 1.91. The Morgan fingerprint density at radius 3 is 2.27 bits per heavy atom. The molecule has 1 rings (SSSR count). The van der Waals surface area contributed by atoms with Crippen LogP contribution in [0.25, 0.3) is 0 Å². The summed E-state index contributed by atoms with van der Waals surface area (Å²) in [4.78, 5) is 36.6. The number of esters is 1. The molecule has 7 nitrogen and oxygen atoms in total. The zero-order valence-electron chi connectivity index (χ0n) is 16.2. The van der Waals surface area contributed by atoms with Crippen LogP contribution in [0.2, 0.25) is 0 Å². The van der Waals surface area contributed by atoms with E-state index in [1.54, 1.807) is 38.1 Å². The highest BCUT2D eigenvalue weighted by Gasteiger charge is 2.28. The van der Waals surface area contributed by atoms with Crippen LogP contribution in [0, 0.1) is 5.92 Å². The maximum absolute atomic E-state index is 12.5. The number of benzene rings is 1. The summed E-state index contributed by atoms with van der Waals surface area (Å²) >= 11 is 0. The summed E-state index contributed by atoms with van der Waals surface area (Å²) in [7, 11) is 1.47. The second-order valence-corrected chi connectivity index (χ2v) is 7.30. The molecule has 0 fully saturated rings. The zero-order valence-corrected chi connectivity index (χ0v) is 16.2. The number of para-hydroxylation sites is 1. The van der Waals surface area contributed by atoms with Crippen molar-refractivity contribution < 1.29 is 23.9 Å². The number of carbonyl (C=O) groups is 3. The van der Waals surface area contributed by atoms with Gasteiger partial charge in [-0.3, -0.25) is 9.59 Å². The van der Waals surface area contributed by atoms with E-state index >= 15 is 0 Å². The fraction of sp³-hybridized carbons (Fsp3) is 0.526. The molecule has 0 aliphatic heterocycles. The second kappa shape index (κ2) is 9.22. The lowest BCUT2D eigenvalue weighted by atomic mass is 10.0. The Hall–Kier alpha value is -2.57. The van der Waals surface area contributed by atoms with E-state index in [1.165, 1.54) is 7.11 Å². The normalized spacial score (nSPS) is 12.3. The van der Waals surface area contributed by atoms with Crippen LogP contribution in [-0.2, 0) is 14.3 Å². The quantitative estimate of drug-likeness (QED) is 0.721. The van der Waals surface area contributed by atoms with Crippen LogP contribution in [0.4, 0.5) is 0 Å². The smallest absolute Gasteiger partial charge is 0.329 e. The second-order valence-electron chi connectivity index (χ2n) is 7.30. The molecule has 2 N–H and O–H groups in total. The molecule has 7 heteroatoms. The molecule has 1 aromatic rings. The van der Waals surface area contributed by atoms with E-state index in [-0.39, 0.29) is 5.92 Å². The number of hydrogen-bond donors (Lipinski definition) is 2. The first kappa shape index (κ1) is 21.5. The minimum Gasteiger partial charge on any atom is -0.496 e. The van der Waals surface area contributed by atoms with E-state index in [9.17, 15) is 14.4 Å². The number of ether oxygens (including phenoxy) is 2. The van der Waals surface area contributed by atoms with Gasteiger partial charge in [0.25, 0.3) is 11.8 Å². The van der Waals surface area contributed by atoms with E-state index in [2.05, 4.69) is 10.6 Å². The number of rotatable bonds is 7. The summed E-state index contributed by atoms with van der Waals surface area (Å²) in [5.41, 5.74) is -0.0992. The molecule has 0 aromatic heterocycles. The molecule has 0 radical (unpaired) electrons. The van der Waals surface area contributed by atoms with Crippen LogP contribution in [0.5, 0.6) is 5.75 Å². The fourth-order valence-corrected chi connectivity index (χ4v) is 2.23. The van der Waals surface area contributed by atoms with E-state index < -0.39 is 36.0 Å². The Labute approximate surface area is 154 Å². The van der Waals surface area contributed by atoms with Crippen molar-refractivity contribution in [3.05, 3.63) is 29.8 Å². The highest BCUT2D eigenvalue weighted by atomic mass is 16.5. The minimum atomic E-state index is -0.880. The van der Waals surface area contributed by atoms with Gasteiger partial charge in [-0.05, 0) is 38.8 Å². The van der Waals surface area contributed by atoms with Crippen LogP contribution in [0.1, 0.15) is 45.0 Å². The topological polar surface area (TPSA) is 93.7 Å². The fourth-order valence-electron chi connectivity index (χ4n) is 2.23. The summed E-state index contributed by atoms with van der Waals surface area (Å²) < 4.78 is 10.2.